The second-order valence-corrected chi connectivity index (χ2v) is 4.04. The first kappa shape index (κ1) is 14.5. The zero-order valence-corrected chi connectivity index (χ0v) is 11.4. The zero-order valence-electron chi connectivity index (χ0n) is 11.4. The Hall–Kier alpha value is -1.56. The lowest BCUT2D eigenvalue weighted by atomic mass is 10.3. The van der Waals surface area contributed by atoms with Crippen molar-refractivity contribution >= 4 is 11.7 Å². The third kappa shape index (κ3) is 3.22. The lowest BCUT2D eigenvalue weighted by molar-refractivity contribution is 0.00345. The Morgan fingerprint density at radius 2 is 2.17 bits per heavy atom. The van der Waals surface area contributed by atoms with Crippen LogP contribution in [0.4, 0.5) is 5.69 Å². The number of esters is 1. The van der Waals surface area contributed by atoms with Gasteiger partial charge in [-0.2, -0.15) is 5.10 Å². The lowest BCUT2D eigenvalue weighted by Crippen LogP contribution is -2.23. The number of carbonyl (C=O) groups excluding carboxylic acids is 1. The third-order valence-corrected chi connectivity index (χ3v) is 2.53. The number of hydrogen-bond acceptors (Lipinski definition) is 5. The van der Waals surface area contributed by atoms with Crippen molar-refractivity contribution < 1.29 is 14.3 Å². The van der Waals surface area contributed by atoms with E-state index in [9.17, 15) is 4.79 Å². The van der Waals surface area contributed by atoms with Crippen LogP contribution in [0.3, 0.4) is 0 Å². The van der Waals surface area contributed by atoms with Crippen molar-refractivity contribution in [2.75, 3.05) is 18.9 Å². The van der Waals surface area contributed by atoms with Crippen LogP contribution in [0.25, 0.3) is 0 Å². The molecule has 18 heavy (non-hydrogen) atoms. The van der Waals surface area contributed by atoms with Crippen LogP contribution in [0.1, 0.15) is 37.0 Å². The fourth-order valence-electron chi connectivity index (χ4n) is 1.60. The third-order valence-electron chi connectivity index (χ3n) is 2.53. The molecule has 0 radical (unpaired) electrons. The second kappa shape index (κ2) is 6.39. The molecule has 0 aliphatic heterocycles. The molecule has 1 rings (SSSR count). The maximum absolute atomic E-state index is 12.0. The minimum atomic E-state index is -0.456. The fraction of sp³-hybridized carbons (Fsp3) is 0.667. The molecular formula is C12H21N3O3. The van der Waals surface area contributed by atoms with E-state index in [4.69, 9.17) is 15.2 Å². The highest BCUT2D eigenvalue weighted by molar-refractivity contribution is 5.93. The molecule has 1 aromatic rings. The number of carbonyl (C=O) groups is 1. The normalized spacial score (nSPS) is 12.4. The lowest BCUT2D eigenvalue weighted by Gasteiger charge is -2.13. The van der Waals surface area contributed by atoms with Gasteiger partial charge in [0.25, 0.3) is 0 Å². The number of rotatable bonds is 6. The summed E-state index contributed by atoms with van der Waals surface area (Å²) in [7, 11) is 0. The molecule has 0 saturated heterocycles. The molecule has 1 aromatic heterocycles. The van der Waals surface area contributed by atoms with E-state index in [1.807, 2.05) is 13.8 Å². The van der Waals surface area contributed by atoms with Crippen molar-refractivity contribution in [3.8, 4) is 0 Å². The Bertz CT molecular complexity index is 415. The molecule has 6 nitrogen and oxygen atoms in total. The van der Waals surface area contributed by atoms with Gasteiger partial charge in [-0.3, -0.25) is 4.68 Å². The summed E-state index contributed by atoms with van der Waals surface area (Å²) in [5, 5.41) is 4.18. The molecule has 0 bridgehead atoms. The average Bonchev–Trinajstić information content (AvgIpc) is 2.62. The first-order valence-corrected chi connectivity index (χ1v) is 6.12. The van der Waals surface area contributed by atoms with E-state index in [-0.39, 0.29) is 6.10 Å². The van der Waals surface area contributed by atoms with Gasteiger partial charge in [0.2, 0.25) is 0 Å². The number of nitrogens with two attached hydrogens (primary N) is 1. The Balaban J connectivity index is 2.77. The standard InChI is InChI=1S/C12H21N3O3/c1-5-15-11(10(13)9(4)14-15)12(16)18-8(3)7-17-6-2/h8H,5-7,13H2,1-4H3. The molecule has 0 aliphatic rings. The van der Waals surface area contributed by atoms with Gasteiger partial charge in [-0.05, 0) is 27.7 Å². The monoisotopic (exact) mass is 255 g/mol. The Labute approximate surface area is 107 Å². The minimum Gasteiger partial charge on any atom is -0.455 e. The smallest absolute Gasteiger partial charge is 0.359 e. The van der Waals surface area contributed by atoms with E-state index < -0.39 is 5.97 Å². The fourth-order valence-corrected chi connectivity index (χ4v) is 1.60. The molecule has 2 N–H and O–H groups in total. The number of anilines is 1. The highest BCUT2D eigenvalue weighted by Crippen LogP contribution is 2.18. The second-order valence-electron chi connectivity index (χ2n) is 4.04. The molecule has 1 unspecified atom stereocenters. The van der Waals surface area contributed by atoms with E-state index in [0.717, 1.165) is 0 Å². The van der Waals surface area contributed by atoms with E-state index in [2.05, 4.69) is 5.10 Å². The zero-order chi connectivity index (χ0) is 13.7. The summed E-state index contributed by atoms with van der Waals surface area (Å²) in [4.78, 5) is 12.0. The van der Waals surface area contributed by atoms with Gasteiger partial charge in [0.1, 0.15) is 6.10 Å². The number of nitrogens with zero attached hydrogens (tertiary/aromatic N) is 2. The van der Waals surface area contributed by atoms with E-state index >= 15 is 0 Å². The topological polar surface area (TPSA) is 79.4 Å². The summed E-state index contributed by atoms with van der Waals surface area (Å²) in [5.74, 6) is -0.456. The van der Waals surface area contributed by atoms with Gasteiger partial charge in [-0.25, -0.2) is 4.79 Å². The molecule has 102 valence electrons. The molecule has 0 aliphatic carbocycles. The Kier molecular flexibility index (Phi) is 5.15. The van der Waals surface area contributed by atoms with Crippen LogP contribution in [0.15, 0.2) is 0 Å². The van der Waals surface area contributed by atoms with Gasteiger partial charge < -0.3 is 15.2 Å². The summed E-state index contributed by atoms with van der Waals surface area (Å²) in [5.41, 5.74) is 7.18. The molecule has 0 fully saturated rings. The average molecular weight is 255 g/mol. The highest BCUT2D eigenvalue weighted by Gasteiger charge is 2.22. The van der Waals surface area contributed by atoms with Gasteiger partial charge in [0.05, 0.1) is 18.0 Å². The van der Waals surface area contributed by atoms with E-state index in [0.29, 0.717) is 36.8 Å². The predicted molar refractivity (Wildman–Crippen MR) is 68.4 cm³/mol. The Morgan fingerprint density at radius 1 is 1.50 bits per heavy atom. The first-order valence-electron chi connectivity index (χ1n) is 6.12. The van der Waals surface area contributed by atoms with Gasteiger partial charge in [-0.1, -0.05) is 0 Å². The molecule has 1 heterocycles. The number of aryl methyl sites for hydroxylation is 2. The van der Waals surface area contributed by atoms with Crippen LogP contribution in [0, 0.1) is 6.92 Å². The Morgan fingerprint density at radius 3 is 2.72 bits per heavy atom. The van der Waals surface area contributed by atoms with Crippen LogP contribution in [-0.2, 0) is 16.0 Å². The van der Waals surface area contributed by atoms with Crippen LogP contribution >= 0.6 is 0 Å². The van der Waals surface area contributed by atoms with Crippen molar-refractivity contribution in [3.05, 3.63) is 11.4 Å². The maximum Gasteiger partial charge on any atom is 0.359 e. The van der Waals surface area contributed by atoms with Gasteiger partial charge in [-0.15, -0.1) is 0 Å². The van der Waals surface area contributed by atoms with Crippen LogP contribution in [0.5, 0.6) is 0 Å². The van der Waals surface area contributed by atoms with Gasteiger partial charge in [0.15, 0.2) is 5.69 Å². The molecule has 0 amide bonds. The number of hydrogen-bond donors (Lipinski definition) is 1. The van der Waals surface area contributed by atoms with Crippen molar-refractivity contribution in [3.63, 3.8) is 0 Å². The molecular weight excluding hydrogens is 234 g/mol. The van der Waals surface area contributed by atoms with Crippen molar-refractivity contribution in [1.82, 2.24) is 9.78 Å². The predicted octanol–water partition coefficient (Wildman–Crippen LogP) is 1.38. The molecule has 1 atom stereocenters. The van der Waals surface area contributed by atoms with Gasteiger partial charge >= 0.3 is 5.97 Å². The molecule has 0 saturated carbocycles. The summed E-state index contributed by atoms with van der Waals surface area (Å²) < 4.78 is 12.0. The van der Waals surface area contributed by atoms with E-state index in [1.54, 1.807) is 18.5 Å². The molecule has 0 aromatic carbocycles. The molecule has 6 heteroatoms. The summed E-state index contributed by atoms with van der Waals surface area (Å²) in [6.45, 7) is 8.87. The highest BCUT2D eigenvalue weighted by atomic mass is 16.6. The number of ether oxygens (including phenoxy) is 2. The summed E-state index contributed by atoms with van der Waals surface area (Å²) in [6, 6.07) is 0. The quantitative estimate of drug-likeness (QED) is 0.777. The summed E-state index contributed by atoms with van der Waals surface area (Å²) in [6.07, 6.45) is -0.308. The molecule has 0 spiro atoms. The largest absolute Gasteiger partial charge is 0.455 e. The van der Waals surface area contributed by atoms with Crippen molar-refractivity contribution in [2.24, 2.45) is 0 Å². The number of aromatic nitrogens is 2. The van der Waals surface area contributed by atoms with Crippen LogP contribution in [0.2, 0.25) is 0 Å². The SMILES string of the molecule is CCOCC(C)OC(=O)c1c(N)c(C)nn1CC. The minimum absolute atomic E-state index is 0.308. The number of nitrogen functional groups attached to an aromatic ring is 1. The van der Waals surface area contributed by atoms with Crippen LogP contribution in [-0.4, -0.2) is 35.1 Å². The van der Waals surface area contributed by atoms with Gasteiger partial charge in [0, 0.05) is 13.2 Å². The first-order chi connectivity index (χ1) is 8.51. The van der Waals surface area contributed by atoms with Crippen molar-refractivity contribution in [1.29, 1.82) is 0 Å². The van der Waals surface area contributed by atoms with Crippen molar-refractivity contribution in [2.45, 2.75) is 40.3 Å². The van der Waals surface area contributed by atoms with E-state index in [1.165, 1.54) is 0 Å². The van der Waals surface area contributed by atoms with Crippen LogP contribution < -0.4 is 5.73 Å². The summed E-state index contributed by atoms with van der Waals surface area (Å²) >= 11 is 0. The maximum atomic E-state index is 12.0.